The Morgan fingerprint density at radius 2 is 1.68 bits per heavy atom. The van der Waals surface area contributed by atoms with Crippen LogP contribution in [0.5, 0.6) is 11.5 Å². The molecule has 2 rings (SSSR count). The highest BCUT2D eigenvalue weighted by Crippen LogP contribution is 2.32. The van der Waals surface area contributed by atoms with Crippen molar-refractivity contribution in [2.75, 3.05) is 19.5 Å². The van der Waals surface area contributed by atoms with Crippen molar-refractivity contribution >= 4 is 21.7 Å². The number of methoxy groups -OCH3 is 2. The lowest BCUT2D eigenvalue weighted by Crippen LogP contribution is -2.13. The van der Waals surface area contributed by atoms with Crippen LogP contribution in [0.1, 0.15) is 47.5 Å². The van der Waals surface area contributed by atoms with Gasteiger partial charge in [-0.15, -0.1) is 0 Å². The van der Waals surface area contributed by atoms with Crippen LogP contribution in [0.15, 0.2) is 48.5 Å². The second-order valence-electron chi connectivity index (χ2n) is 5.94. The fourth-order valence-electron chi connectivity index (χ4n) is 2.94. The van der Waals surface area contributed by atoms with Gasteiger partial charge in [-0.1, -0.05) is 59.1 Å². The fourth-order valence-corrected chi connectivity index (χ4v) is 3.34. The number of hydrogen-bond donors (Lipinski definition) is 0. The summed E-state index contributed by atoms with van der Waals surface area (Å²) in [5.74, 6) is 1.22. The third kappa shape index (κ3) is 5.33. The zero-order chi connectivity index (χ0) is 18.1. The monoisotopic (exact) mass is 404 g/mol. The molecule has 1 unspecified atom stereocenters. The molecule has 0 aliphatic rings. The Morgan fingerprint density at radius 3 is 2.32 bits per heavy atom. The Balaban J connectivity index is 2.25. The summed E-state index contributed by atoms with van der Waals surface area (Å²) in [4.78, 5) is 13.2. The van der Waals surface area contributed by atoms with E-state index in [1.54, 1.807) is 26.4 Å². The molecule has 1 atom stereocenters. The van der Waals surface area contributed by atoms with Gasteiger partial charge in [0.1, 0.15) is 0 Å². The number of carbonyl (C=O) groups excluding carboxylic acids is 1. The van der Waals surface area contributed by atoms with Gasteiger partial charge in [-0.2, -0.15) is 0 Å². The molecule has 0 heterocycles. The maximum Gasteiger partial charge on any atom is 0.170 e. The fraction of sp³-hybridized carbons (Fsp3) is 0.381. The second kappa shape index (κ2) is 10.2. The average molecular weight is 405 g/mol. The molecule has 4 heteroatoms. The molecule has 0 bridgehead atoms. The minimum atomic E-state index is -0.130. The molecule has 0 spiro atoms. The van der Waals surface area contributed by atoms with Crippen LogP contribution in [0.2, 0.25) is 0 Å². The van der Waals surface area contributed by atoms with E-state index in [1.807, 2.05) is 36.4 Å². The van der Waals surface area contributed by atoms with Crippen LogP contribution in [-0.4, -0.2) is 25.3 Å². The summed E-state index contributed by atoms with van der Waals surface area (Å²) in [6, 6.07) is 15.4. The van der Waals surface area contributed by atoms with Gasteiger partial charge in [0, 0.05) is 16.8 Å². The van der Waals surface area contributed by atoms with Gasteiger partial charge >= 0.3 is 0 Å². The Bertz CT molecular complexity index is 670. The van der Waals surface area contributed by atoms with Crippen LogP contribution in [0, 0.1) is 0 Å². The SMILES string of the molecule is COc1ccc(C(=O)C(CCCCCBr)c2ccccc2)cc1OC. The van der Waals surface area contributed by atoms with Crippen molar-refractivity contribution in [3.63, 3.8) is 0 Å². The van der Waals surface area contributed by atoms with Gasteiger partial charge in [0.05, 0.1) is 14.2 Å². The summed E-state index contributed by atoms with van der Waals surface area (Å²) < 4.78 is 10.6. The molecule has 25 heavy (non-hydrogen) atoms. The molecule has 134 valence electrons. The van der Waals surface area contributed by atoms with Crippen molar-refractivity contribution in [2.45, 2.75) is 31.6 Å². The molecule has 3 nitrogen and oxygen atoms in total. The number of rotatable bonds is 10. The van der Waals surface area contributed by atoms with E-state index in [2.05, 4.69) is 15.9 Å². The Morgan fingerprint density at radius 1 is 0.960 bits per heavy atom. The van der Waals surface area contributed by atoms with Crippen molar-refractivity contribution < 1.29 is 14.3 Å². The first kappa shape index (κ1) is 19.5. The number of hydrogen-bond acceptors (Lipinski definition) is 3. The summed E-state index contributed by atoms with van der Waals surface area (Å²) in [7, 11) is 3.18. The minimum Gasteiger partial charge on any atom is -0.493 e. The molecular weight excluding hydrogens is 380 g/mol. The van der Waals surface area contributed by atoms with Gasteiger partial charge < -0.3 is 9.47 Å². The Labute approximate surface area is 158 Å². The largest absolute Gasteiger partial charge is 0.493 e. The molecule has 0 amide bonds. The van der Waals surface area contributed by atoms with E-state index >= 15 is 0 Å². The van der Waals surface area contributed by atoms with Crippen LogP contribution in [0.4, 0.5) is 0 Å². The summed E-state index contributed by atoms with van der Waals surface area (Å²) >= 11 is 3.46. The summed E-state index contributed by atoms with van der Waals surface area (Å²) in [6.45, 7) is 0. The van der Waals surface area contributed by atoms with Crippen molar-refractivity contribution in [1.29, 1.82) is 0 Å². The number of unbranched alkanes of at least 4 members (excludes halogenated alkanes) is 2. The lowest BCUT2D eigenvalue weighted by molar-refractivity contribution is 0.0953. The highest BCUT2D eigenvalue weighted by molar-refractivity contribution is 9.09. The number of halogens is 1. The first-order chi connectivity index (χ1) is 12.2. The summed E-state index contributed by atoms with van der Waals surface area (Å²) in [5.41, 5.74) is 1.73. The molecule has 0 aliphatic carbocycles. The molecule has 0 aromatic heterocycles. The molecule has 0 N–H and O–H groups in total. The smallest absolute Gasteiger partial charge is 0.170 e. The average Bonchev–Trinajstić information content (AvgIpc) is 2.67. The van der Waals surface area contributed by atoms with E-state index < -0.39 is 0 Å². The van der Waals surface area contributed by atoms with Gasteiger partial charge in [-0.05, 0) is 36.6 Å². The molecule has 0 saturated carbocycles. The molecule has 0 fully saturated rings. The van der Waals surface area contributed by atoms with Crippen LogP contribution < -0.4 is 9.47 Å². The second-order valence-corrected chi connectivity index (χ2v) is 6.73. The summed E-state index contributed by atoms with van der Waals surface area (Å²) in [5, 5.41) is 1.01. The van der Waals surface area contributed by atoms with E-state index in [9.17, 15) is 4.79 Å². The third-order valence-electron chi connectivity index (χ3n) is 4.31. The molecule has 0 radical (unpaired) electrons. The Hall–Kier alpha value is -1.81. The quantitative estimate of drug-likeness (QED) is 0.292. The normalized spacial score (nSPS) is 11.8. The van der Waals surface area contributed by atoms with Crippen molar-refractivity contribution in [3.05, 3.63) is 59.7 Å². The van der Waals surface area contributed by atoms with Gasteiger partial charge in [0.25, 0.3) is 0 Å². The summed E-state index contributed by atoms with van der Waals surface area (Å²) in [6.07, 6.45) is 4.13. The molecule has 2 aromatic carbocycles. The maximum absolute atomic E-state index is 13.2. The lowest BCUT2D eigenvalue weighted by Gasteiger charge is -2.17. The maximum atomic E-state index is 13.2. The van der Waals surface area contributed by atoms with Gasteiger partial charge in [0.15, 0.2) is 17.3 Å². The van der Waals surface area contributed by atoms with Gasteiger partial charge in [0.2, 0.25) is 0 Å². The number of ether oxygens (including phenoxy) is 2. The van der Waals surface area contributed by atoms with E-state index in [0.717, 1.165) is 36.6 Å². The first-order valence-corrected chi connectivity index (χ1v) is 9.70. The topological polar surface area (TPSA) is 35.5 Å². The van der Waals surface area contributed by atoms with Crippen LogP contribution in [0.25, 0.3) is 0 Å². The van der Waals surface area contributed by atoms with Gasteiger partial charge in [-0.25, -0.2) is 0 Å². The van der Waals surface area contributed by atoms with E-state index in [0.29, 0.717) is 17.1 Å². The number of alkyl halides is 1. The molecule has 0 saturated heterocycles. The van der Waals surface area contributed by atoms with Crippen LogP contribution in [0.3, 0.4) is 0 Å². The number of ketones is 1. The zero-order valence-electron chi connectivity index (χ0n) is 14.8. The number of Topliss-reactive ketones (excluding diaryl/α,β-unsaturated/α-hetero) is 1. The van der Waals surface area contributed by atoms with E-state index in [1.165, 1.54) is 0 Å². The predicted molar refractivity (Wildman–Crippen MR) is 105 cm³/mol. The zero-order valence-corrected chi connectivity index (χ0v) is 16.4. The number of carbonyl (C=O) groups is 1. The van der Waals surface area contributed by atoms with Crippen LogP contribution in [-0.2, 0) is 0 Å². The molecular formula is C21H25BrO3. The van der Waals surface area contributed by atoms with Gasteiger partial charge in [-0.3, -0.25) is 4.79 Å². The van der Waals surface area contributed by atoms with E-state index in [4.69, 9.17) is 9.47 Å². The molecule has 0 aliphatic heterocycles. The predicted octanol–water partition coefficient (Wildman–Crippen LogP) is 5.63. The minimum absolute atomic E-state index is 0.130. The first-order valence-electron chi connectivity index (χ1n) is 8.58. The Kier molecular flexibility index (Phi) is 7.99. The van der Waals surface area contributed by atoms with E-state index in [-0.39, 0.29) is 11.7 Å². The highest BCUT2D eigenvalue weighted by atomic mass is 79.9. The van der Waals surface area contributed by atoms with Crippen molar-refractivity contribution in [1.82, 2.24) is 0 Å². The van der Waals surface area contributed by atoms with Crippen LogP contribution >= 0.6 is 15.9 Å². The van der Waals surface area contributed by atoms with Crippen molar-refractivity contribution in [3.8, 4) is 11.5 Å². The lowest BCUT2D eigenvalue weighted by atomic mass is 9.86. The highest BCUT2D eigenvalue weighted by Gasteiger charge is 2.22. The third-order valence-corrected chi connectivity index (χ3v) is 4.87. The standard InChI is InChI=1S/C21H25BrO3/c1-24-19-13-12-17(15-20(19)25-2)21(23)18(11-7-4-8-14-22)16-9-5-3-6-10-16/h3,5-6,9-10,12-13,15,18H,4,7-8,11,14H2,1-2H3. The van der Waals surface area contributed by atoms with Crippen molar-refractivity contribution in [2.24, 2.45) is 0 Å². The molecule has 2 aromatic rings. The number of benzene rings is 2.